The SMILES string of the molecule is Cc1ccc(NC(C)c2cc3cc(Br)ccc3o2)cc1. The summed E-state index contributed by atoms with van der Waals surface area (Å²) < 4.78 is 6.96. The Morgan fingerprint density at radius 2 is 1.80 bits per heavy atom. The molecule has 0 fully saturated rings. The molecule has 3 aromatic rings. The van der Waals surface area contributed by atoms with Crippen molar-refractivity contribution in [3.63, 3.8) is 0 Å². The highest BCUT2D eigenvalue weighted by molar-refractivity contribution is 9.10. The Hall–Kier alpha value is -1.74. The minimum absolute atomic E-state index is 0.129. The minimum Gasteiger partial charge on any atom is -0.459 e. The second kappa shape index (κ2) is 5.33. The molecule has 0 amide bonds. The van der Waals surface area contributed by atoms with E-state index in [9.17, 15) is 0 Å². The molecule has 3 rings (SSSR count). The lowest BCUT2D eigenvalue weighted by Crippen LogP contribution is -2.05. The van der Waals surface area contributed by atoms with Crippen LogP contribution in [0.15, 0.2) is 57.4 Å². The van der Waals surface area contributed by atoms with Crippen molar-refractivity contribution in [1.29, 1.82) is 0 Å². The standard InChI is InChI=1S/C17H16BrNO/c1-11-3-6-15(7-4-11)19-12(2)17-10-13-9-14(18)5-8-16(13)20-17/h3-10,12,19H,1-2H3. The first-order valence-corrected chi connectivity index (χ1v) is 7.43. The average molecular weight is 330 g/mol. The van der Waals surface area contributed by atoms with E-state index in [1.165, 1.54) is 5.56 Å². The van der Waals surface area contributed by atoms with Gasteiger partial charge in [0.15, 0.2) is 0 Å². The number of anilines is 1. The van der Waals surface area contributed by atoms with Gasteiger partial charge >= 0.3 is 0 Å². The second-order valence-electron chi connectivity index (χ2n) is 5.06. The average Bonchev–Trinajstić information content (AvgIpc) is 2.84. The fourth-order valence-corrected chi connectivity index (χ4v) is 2.60. The zero-order valence-corrected chi connectivity index (χ0v) is 13.1. The van der Waals surface area contributed by atoms with E-state index in [2.05, 4.69) is 71.5 Å². The van der Waals surface area contributed by atoms with E-state index in [0.717, 1.165) is 26.9 Å². The quantitative estimate of drug-likeness (QED) is 0.669. The van der Waals surface area contributed by atoms with E-state index in [4.69, 9.17) is 4.42 Å². The van der Waals surface area contributed by atoms with Gasteiger partial charge in [0.25, 0.3) is 0 Å². The van der Waals surface area contributed by atoms with Crippen LogP contribution in [0.4, 0.5) is 5.69 Å². The van der Waals surface area contributed by atoms with Crippen molar-refractivity contribution in [2.75, 3.05) is 5.32 Å². The molecular formula is C17H16BrNO. The number of halogens is 1. The molecule has 102 valence electrons. The summed E-state index contributed by atoms with van der Waals surface area (Å²) in [6, 6.07) is 16.7. The van der Waals surface area contributed by atoms with Crippen LogP contribution in [0.1, 0.15) is 24.3 Å². The van der Waals surface area contributed by atoms with Crippen LogP contribution in [0.2, 0.25) is 0 Å². The van der Waals surface area contributed by atoms with Gasteiger partial charge in [-0.15, -0.1) is 0 Å². The molecule has 0 spiro atoms. The van der Waals surface area contributed by atoms with E-state index in [0.29, 0.717) is 0 Å². The van der Waals surface area contributed by atoms with Crippen molar-refractivity contribution >= 4 is 32.6 Å². The Balaban J connectivity index is 1.84. The van der Waals surface area contributed by atoms with Crippen LogP contribution in [0, 0.1) is 6.92 Å². The Labute approximate surface area is 126 Å². The number of nitrogens with one attached hydrogen (secondary N) is 1. The molecule has 3 heteroatoms. The molecule has 0 bridgehead atoms. The molecule has 1 heterocycles. The lowest BCUT2D eigenvalue weighted by molar-refractivity contribution is 0.526. The zero-order chi connectivity index (χ0) is 14.1. The van der Waals surface area contributed by atoms with E-state index in [1.54, 1.807) is 0 Å². The van der Waals surface area contributed by atoms with Gasteiger partial charge in [-0.1, -0.05) is 33.6 Å². The van der Waals surface area contributed by atoms with Crippen molar-refractivity contribution in [3.8, 4) is 0 Å². The molecule has 0 saturated heterocycles. The first-order chi connectivity index (χ1) is 9.61. The first kappa shape index (κ1) is 13.3. The van der Waals surface area contributed by atoms with Gasteiger partial charge in [-0.05, 0) is 50.2 Å². The highest BCUT2D eigenvalue weighted by atomic mass is 79.9. The van der Waals surface area contributed by atoms with Crippen molar-refractivity contribution in [3.05, 3.63) is 64.3 Å². The van der Waals surface area contributed by atoms with Crippen molar-refractivity contribution in [2.45, 2.75) is 19.9 Å². The molecule has 1 aromatic heterocycles. The van der Waals surface area contributed by atoms with Gasteiger partial charge < -0.3 is 9.73 Å². The maximum atomic E-state index is 5.90. The van der Waals surface area contributed by atoms with Gasteiger partial charge in [-0.2, -0.15) is 0 Å². The van der Waals surface area contributed by atoms with Crippen LogP contribution in [-0.2, 0) is 0 Å². The van der Waals surface area contributed by atoms with Gasteiger partial charge in [-0.25, -0.2) is 0 Å². The van der Waals surface area contributed by atoms with Crippen molar-refractivity contribution < 1.29 is 4.42 Å². The van der Waals surface area contributed by atoms with Crippen LogP contribution in [0.3, 0.4) is 0 Å². The van der Waals surface area contributed by atoms with Crippen molar-refractivity contribution in [2.24, 2.45) is 0 Å². The molecule has 2 aromatic carbocycles. The number of furan rings is 1. The molecule has 0 aliphatic carbocycles. The highest BCUT2D eigenvalue weighted by Gasteiger charge is 2.11. The molecule has 20 heavy (non-hydrogen) atoms. The number of rotatable bonds is 3. The molecule has 0 aliphatic heterocycles. The van der Waals surface area contributed by atoms with Crippen LogP contribution in [0.25, 0.3) is 11.0 Å². The molecule has 0 aliphatic rings. The van der Waals surface area contributed by atoms with E-state index in [-0.39, 0.29) is 6.04 Å². The van der Waals surface area contributed by atoms with Crippen LogP contribution in [-0.4, -0.2) is 0 Å². The summed E-state index contributed by atoms with van der Waals surface area (Å²) in [6.45, 7) is 4.19. The summed E-state index contributed by atoms with van der Waals surface area (Å²) in [6.07, 6.45) is 0. The third-order valence-corrected chi connectivity index (χ3v) is 3.85. The topological polar surface area (TPSA) is 25.2 Å². The number of benzene rings is 2. The van der Waals surface area contributed by atoms with Gasteiger partial charge in [0.05, 0.1) is 6.04 Å². The van der Waals surface area contributed by atoms with E-state index >= 15 is 0 Å². The third kappa shape index (κ3) is 2.73. The molecule has 2 nitrogen and oxygen atoms in total. The summed E-state index contributed by atoms with van der Waals surface area (Å²) in [5.74, 6) is 0.943. The second-order valence-corrected chi connectivity index (χ2v) is 5.98. The maximum Gasteiger partial charge on any atom is 0.134 e. The molecule has 0 saturated carbocycles. The Morgan fingerprint density at radius 1 is 1.05 bits per heavy atom. The lowest BCUT2D eigenvalue weighted by Gasteiger charge is -2.12. The minimum atomic E-state index is 0.129. The monoisotopic (exact) mass is 329 g/mol. The number of fused-ring (bicyclic) bond motifs is 1. The largest absolute Gasteiger partial charge is 0.459 e. The highest BCUT2D eigenvalue weighted by Crippen LogP contribution is 2.28. The number of aryl methyl sites for hydroxylation is 1. The number of hydrogen-bond donors (Lipinski definition) is 1. The molecule has 0 radical (unpaired) electrons. The summed E-state index contributed by atoms with van der Waals surface area (Å²) in [5.41, 5.74) is 3.28. The predicted molar refractivity (Wildman–Crippen MR) is 87.1 cm³/mol. The first-order valence-electron chi connectivity index (χ1n) is 6.64. The van der Waals surface area contributed by atoms with Gasteiger partial charge in [-0.3, -0.25) is 0 Å². The Morgan fingerprint density at radius 3 is 2.55 bits per heavy atom. The van der Waals surface area contributed by atoms with Gasteiger partial charge in [0.2, 0.25) is 0 Å². The van der Waals surface area contributed by atoms with Crippen LogP contribution in [0.5, 0.6) is 0 Å². The van der Waals surface area contributed by atoms with Gasteiger partial charge in [0.1, 0.15) is 11.3 Å². The fraction of sp³-hybridized carbons (Fsp3) is 0.176. The third-order valence-electron chi connectivity index (χ3n) is 3.36. The smallest absolute Gasteiger partial charge is 0.134 e. The molecule has 1 N–H and O–H groups in total. The lowest BCUT2D eigenvalue weighted by atomic mass is 10.2. The summed E-state index contributed by atoms with van der Waals surface area (Å²) in [7, 11) is 0. The summed E-state index contributed by atoms with van der Waals surface area (Å²) in [4.78, 5) is 0. The molecule has 1 unspecified atom stereocenters. The summed E-state index contributed by atoms with van der Waals surface area (Å²) in [5, 5.41) is 4.57. The number of hydrogen-bond acceptors (Lipinski definition) is 2. The normalized spacial score (nSPS) is 12.6. The maximum absolute atomic E-state index is 5.90. The predicted octanol–water partition coefficient (Wildman–Crippen LogP) is 5.68. The Bertz CT molecular complexity index is 730. The molecular weight excluding hydrogens is 314 g/mol. The zero-order valence-electron chi connectivity index (χ0n) is 11.5. The van der Waals surface area contributed by atoms with E-state index < -0.39 is 0 Å². The van der Waals surface area contributed by atoms with Crippen molar-refractivity contribution in [1.82, 2.24) is 0 Å². The fourth-order valence-electron chi connectivity index (χ4n) is 2.22. The summed E-state index contributed by atoms with van der Waals surface area (Å²) >= 11 is 3.48. The van der Waals surface area contributed by atoms with E-state index in [1.807, 2.05) is 12.1 Å². The Kier molecular flexibility index (Phi) is 3.53. The van der Waals surface area contributed by atoms with Gasteiger partial charge in [0, 0.05) is 15.5 Å². The van der Waals surface area contributed by atoms with Crippen LogP contribution >= 0.6 is 15.9 Å². The van der Waals surface area contributed by atoms with Crippen LogP contribution < -0.4 is 5.32 Å². The molecule has 1 atom stereocenters.